The van der Waals surface area contributed by atoms with Gasteiger partial charge in [-0.3, -0.25) is 4.79 Å². The molecule has 0 saturated heterocycles. The van der Waals surface area contributed by atoms with Crippen LogP contribution < -0.4 is 4.74 Å². The highest BCUT2D eigenvalue weighted by Gasteiger charge is 2.36. The Balaban J connectivity index is 1.85. The number of esters is 1. The van der Waals surface area contributed by atoms with Gasteiger partial charge < -0.3 is 9.47 Å². The van der Waals surface area contributed by atoms with E-state index in [1.54, 1.807) is 18.9 Å². The second-order valence-corrected chi connectivity index (χ2v) is 8.91. The number of ether oxygens (including phenoxy) is 2. The number of unbranched alkanes of at least 4 members (excludes halogenated alkanes) is 1. The van der Waals surface area contributed by atoms with Gasteiger partial charge in [0.2, 0.25) is 0 Å². The summed E-state index contributed by atoms with van der Waals surface area (Å²) in [6.45, 7) is 6.94. The Morgan fingerprint density at radius 1 is 1.24 bits per heavy atom. The third kappa shape index (κ3) is 7.18. The molecular weight excluding hydrogens is 384 g/mol. The molecule has 2 unspecified atom stereocenters. The van der Waals surface area contributed by atoms with Crippen LogP contribution in [0.5, 0.6) is 5.75 Å². The van der Waals surface area contributed by atoms with Gasteiger partial charge in [0.25, 0.3) is 0 Å². The highest BCUT2D eigenvalue weighted by atomic mass is 32.2. The third-order valence-electron chi connectivity index (χ3n) is 5.36. The van der Waals surface area contributed by atoms with Crippen LogP contribution in [0.4, 0.5) is 0 Å². The fourth-order valence-corrected chi connectivity index (χ4v) is 4.52. The van der Waals surface area contributed by atoms with Gasteiger partial charge in [-0.05, 0) is 42.5 Å². The van der Waals surface area contributed by atoms with Crippen LogP contribution in [-0.2, 0) is 16.0 Å². The Labute approximate surface area is 179 Å². The van der Waals surface area contributed by atoms with Gasteiger partial charge in [-0.2, -0.15) is 10.2 Å². The molecule has 1 aliphatic heterocycles. The van der Waals surface area contributed by atoms with E-state index in [9.17, 15) is 4.79 Å². The average molecular weight is 419 g/mol. The lowest BCUT2D eigenvalue weighted by atomic mass is 10.0. The molecular formula is C23H34N2O3S. The molecule has 1 aliphatic rings. The first-order chi connectivity index (χ1) is 14.0. The van der Waals surface area contributed by atoms with Gasteiger partial charge in [0, 0.05) is 12.2 Å². The number of nitrogens with zero attached hydrogens (tertiary/aromatic N) is 2. The van der Waals surface area contributed by atoms with Crippen molar-refractivity contribution in [2.75, 3.05) is 19.5 Å². The van der Waals surface area contributed by atoms with Gasteiger partial charge in [0.1, 0.15) is 5.75 Å². The molecule has 0 spiro atoms. The van der Waals surface area contributed by atoms with E-state index >= 15 is 0 Å². The van der Waals surface area contributed by atoms with E-state index in [4.69, 9.17) is 9.47 Å². The third-order valence-corrected chi connectivity index (χ3v) is 6.79. The second kappa shape index (κ2) is 12.0. The lowest BCUT2D eigenvalue weighted by molar-refractivity contribution is -0.144. The SMILES string of the molecule is CCCCC(CC)COC(=O)CCSC1(Cc2ccc(OC)cc2)N=NC=C1C. The Bertz CT molecular complexity index is 703. The zero-order valence-corrected chi connectivity index (χ0v) is 19.0. The lowest BCUT2D eigenvalue weighted by Crippen LogP contribution is -2.26. The summed E-state index contributed by atoms with van der Waals surface area (Å²) < 4.78 is 10.8. The van der Waals surface area contributed by atoms with Crippen LogP contribution in [0, 0.1) is 5.92 Å². The van der Waals surface area contributed by atoms with E-state index in [1.807, 2.05) is 18.3 Å². The zero-order chi connectivity index (χ0) is 21.1. The first-order valence-corrected chi connectivity index (χ1v) is 11.5. The van der Waals surface area contributed by atoms with E-state index in [1.165, 1.54) is 12.8 Å². The van der Waals surface area contributed by atoms with Gasteiger partial charge in [-0.25, -0.2) is 0 Å². The van der Waals surface area contributed by atoms with Crippen molar-refractivity contribution in [2.45, 2.75) is 64.2 Å². The van der Waals surface area contributed by atoms with Crippen molar-refractivity contribution >= 4 is 17.7 Å². The van der Waals surface area contributed by atoms with Gasteiger partial charge in [-0.1, -0.05) is 45.2 Å². The van der Waals surface area contributed by atoms with E-state index in [2.05, 4.69) is 43.1 Å². The van der Waals surface area contributed by atoms with E-state index in [0.29, 0.717) is 24.7 Å². The van der Waals surface area contributed by atoms with E-state index in [0.717, 1.165) is 36.1 Å². The molecule has 0 saturated carbocycles. The quantitative estimate of drug-likeness (QED) is 0.359. The molecule has 0 bridgehead atoms. The molecule has 1 aromatic carbocycles. The minimum absolute atomic E-state index is 0.122. The Hall–Kier alpha value is -1.82. The van der Waals surface area contributed by atoms with Crippen molar-refractivity contribution in [3.05, 3.63) is 41.6 Å². The number of hydrogen-bond donors (Lipinski definition) is 0. The minimum atomic E-state index is -0.443. The van der Waals surface area contributed by atoms with Crippen molar-refractivity contribution in [1.29, 1.82) is 0 Å². The van der Waals surface area contributed by atoms with Crippen molar-refractivity contribution in [2.24, 2.45) is 16.1 Å². The number of benzene rings is 1. The van der Waals surface area contributed by atoms with Crippen LogP contribution >= 0.6 is 11.8 Å². The lowest BCUT2D eigenvalue weighted by Gasteiger charge is -2.26. The maximum Gasteiger partial charge on any atom is 0.306 e. The molecule has 2 rings (SSSR count). The normalized spacial score (nSPS) is 19.1. The first-order valence-electron chi connectivity index (χ1n) is 10.5. The van der Waals surface area contributed by atoms with Crippen molar-refractivity contribution < 1.29 is 14.3 Å². The average Bonchev–Trinajstić information content (AvgIpc) is 3.08. The van der Waals surface area contributed by atoms with Gasteiger partial charge >= 0.3 is 5.97 Å². The number of azo groups is 1. The number of methoxy groups -OCH3 is 1. The fourth-order valence-electron chi connectivity index (χ4n) is 3.26. The van der Waals surface area contributed by atoms with Crippen molar-refractivity contribution in [3.8, 4) is 5.75 Å². The molecule has 1 aromatic rings. The van der Waals surface area contributed by atoms with Crippen LogP contribution in [0.1, 0.15) is 58.4 Å². The van der Waals surface area contributed by atoms with Crippen LogP contribution in [0.3, 0.4) is 0 Å². The van der Waals surface area contributed by atoms with Gasteiger partial charge in [0.05, 0.1) is 26.3 Å². The first kappa shape index (κ1) is 23.5. The molecule has 0 aliphatic carbocycles. The van der Waals surface area contributed by atoms with Crippen LogP contribution in [0.15, 0.2) is 46.3 Å². The fraction of sp³-hybridized carbons (Fsp3) is 0.609. The van der Waals surface area contributed by atoms with E-state index < -0.39 is 4.87 Å². The maximum atomic E-state index is 12.2. The highest BCUT2D eigenvalue weighted by molar-refractivity contribution is 8.00. The molecule has 0 aromatic heterocycles. The smallest absolute Gasteiger partial charge is 0.306 e. The summed E-state index contributed by atoms with van der Waals surface area (Å²) in [5.74, 6) is 1.85. The molecule has 0 N–H and O–H groups in total. The summed E-state index contributed by atoms with van der Waals surface area (Å²) in [5, 5.41) is 8.66. The van der Waals surface area contributed by atoms with Gasteiger partial charge in [-0.15, -0.1) is 11.8 Å². The number of carbonyl (C=O) groups is 1. The summed E-state index contributed by atoms with van der Waals surface area (Å²) in [7, 11) is 1.66. The Morgan fingerprint density at radius 3 is 2.59 bits per heavy atom. The molecule has 6 heteroatoms. The summed E-state index contributed by atoms with van der Waals surface area (Å²) in [4.78, 5) is 11.8. The largest absolute Gasteiger partial charge is 0.497 e. The summed E-state index contributed by atoms with van der Waals surface area (Å²) >= 11 is 1.67. The molecule has 0 radical (unpaired) electrons. The minimum Gasteiger partial charge on any atom is -0.497 e. The van der Waals surface area contributed by atoms with Gasteiger partial charge in [0.15, 0.2) is 4.87 Å². The van der Waals surface area contributed by atoms with Crippen molar-refractivity contribution in [1.82, 2.24) is 0 Å². The van der Waals surface area contributed by atoms with E-state index in [-0.39, 0.29) is 5.97 Å². The standard InChI is InChI=1S/C23H34N2O3S/c1-5-7-8-19(6-2)17-28-22(26)13-14-29-23(18(3)16-24-25-23)15-20-9-11-21(27-4)12-10-20/h9-12,16,19H,5-8,13-15,17H2,1-4H3. The van der Waals surface area contributed by atoms with Crippen LogP contribution in [0.25, 0.3) is 0 Å². The molecule has 160 valence electrons. The summed E-state index contributed by atoms with van der Waals surface area (Å²) in [6, 6.07) is 8.02. The highest BCUT2D eigenvalue weighted by Crippen LogP contribution is 2.41. The predicted molar refractivity (Wildman–Crippen MR) is 119 cm³/mol. The van der Waals surface area contributed by atoms with Crippen LogP contribution in [-0.4, -0.2) is 30.3 Å². The molecule has 5 nitrogen and oxygen atoms in total. The number of carbonyl (C=O) groups excluding carboxylic acids is 1. The molecule has 0 fully saturated rings. The topological polar surface area (TPSA) is 60.2 Å². The molecule has 29 heavy (non-hydrogen) atoms. The maximum absolute atomic E-state index is 12.2. The number of thioether (sulfide) groups is 1. The number of rotatable bonds is 13. The predicted octanol–water partition coefficient (Wildman–Crippen LogP) is 6.19. The molecule has 1 heterocycles. The summed E-state index contributed by atoms with van der Waals surface area (Å²) in [6.07, 6.45) is 7.49. The second-order valence-electron chi connectivity index (χ2n) is 7.53. The molecule has 2 atom stereocenters. The monoisotopic (exact) mass is 418 g/mol. The Kier molecular flexibility index (Phi) is 9.71. The molecule has 0 amide bonds. The van der Waals surface area contributed by atoms with Crippen molar-refractivity contribution in [3.63, 3.8) is 0 Å². The van der Waals surface area contributed by atoms with Crippen LogP contribution in [0.2, 0.25) is 0 Å². The summed E-state index contributed by atoms with van der Waals surface area (Å²) in [5.41, 5.74) is 2.27. The Morgan fingerprint density at radius 2 is 2.00 bits per heavy atom. The zero-order valence-electron chi connectivity index (χ0n) is 18.1. The number of hydrogen-bond acceptors (Lipinski definition) is 6.